The van der Waals surface area contributed by atoms with Gasteiger partial charge in [-0.25, -0.2) is 4.98 Å². The number of benzene rings is 1. The van der Waals surface area contributed by atoms with E-state index in [-0.39, 0.29) is 0 Å². The number of hydrogen-bond acceptors (Lipinski definition) is 2. The maximum absolute atomic E-state index is 5.86. The first kappa shape index (κ1) is 12.5. The second-order valence-electron chi connectivity index (χ2n) is 4.25. The van der Waals surface area contributed by atoms with Crippen LogP contribution in [0.2, 0.25) is 5.15 Å². The highest BCUT2D eigenvalue weighted by atomic mass is 79.9. The maximum atomic E-state index is 5.86. The number of nitrogens with zero attached hydrogens (tertiary/aromatic N) is 1. The summed E-state index contributed by atoms with van der Waals surface area (Å²) >= 11 is 9.22. The molecule has 19 heavy (non-hydrogen) atoms. The van der Waals surface area contributed by atoms with E-state index in [2.05, 4.69) is 55.5 Å². The van der Waals surface area contributed by atoms with Crippen molar-refractivity contribution in [3.05, 3.63) is 57.9 Å². The third-order valence-electron chi connectivity index (χ3n) is 2.91. The highest BCUT2D eigenvalue weighted by molar-refractivity contribution is 9.10. The van der Waals surface area contributed by atoms with Crippen molar-refractivity contribution in [3.8, 4) is 0 Å². The SMILES string of the molecule is Clc1ncc(NCc2ccc3[nH]ccc3c2)cc1Br. The first-order valence-corrected chi connectivity index (χ1v) is 7.00. The predicted molar refractivity (Wildman–Crippen MR) is 82.6 cm³/mol. The number of anilines is 1. The Morgan fingerprint density at radius 3 is 3.00 bits per heavy atom. The Bertz CT molecular complexity index is 724. The second kappa shape index (κ2) is 5.23. The van der Waals surface area contributed by atoms with Crippen LogP contribution in [0.4, 0.5) is 5.69 Å². The smallest absolute Gasteiger partial charge is 0.143 e. The summed E-state index contributed by atoms with van der Waals surface area (Å²) in [5, 5.41) is 5.01. The molecule has 0 unspecified atom stereocenters. The summed E-state index contributed by atoms with van der Waals surface area (Å²) < 4.78 is 0.792. The topological polar surface area (TPSA) is 40.7 Å². The van der Waals surface area contributed by atoms with Gasteiger partial charge in [0.05, 0.1) is 16.4 Å². The standard InChI is InChI=1S/C14H11BrClN3/c15-12-6-11(8-19-14(12)16)18-7-9-1-2-13-10(5-9)3-4-17-13/h1-6,8,17-18H,7H2. The number of pyridine rings is 1. The first-order chi connectivity index (χ1) is 9.22. The number of H-pyrrole nitrogens is 1. The highest BCUT2D eigenvalue weighted by Gasteiger charge is 2.01. The molecular formula is C14H11BrClN3. The monoisotopic (exact) mass is 335 g/mol. The molecule has 0 fully saturated rings. The lowest BCUT2D eigenvalue weighted by Crippen LogP contribution is -1.99. The zero-order valence-electron chi connectivity index (χ0n) is 9.95. The molecule has 0 saturated heterocycles. The van der Waals surface area contributed by atoms with E-state index in [4.69, 9.17) is 11.6 Å². The van der Waals surface area contributed by atoms with E-state index in [1.54, 1.807) is 6.20 Å². The zero-order chi connectivity index (χ0) is 13.2. The number of aromatic amines is 1. The summed E-state index contributed by atoms with van der Waals surface area (Å²) in [7, 11) is 0. The number of halogens is 2. The number of hydrogen-bond donors (Lipinski definition) is 2. The fraction of sp³-hybridized carbons (Fsp3) is 0.0714. The highest BCUT2D eigenvalue weighted by Crippen LogP contribution is 2.23. The van der Waals surface area contributed by atoms with Crippen LogP contribution in [0.1, 0.15) is 5.56 Å². The first-order valence-electron chi connectivity index (χ1n) is 5.83. The van der Waals surface area contributed by atoms with E-state index < -0.39 is 0 Å². The Kier molecular flexibility index (Phi) is 3.44. The average Bonchev–Trinajstić information content (AvgIpc) is 2.87. The Morgan fingerprint density at radius 1 is 1.26 bits per heavy atom. The Hall–Kier alpha value is -1.52. The molecule has 0 saturated carbocycles. The molecule has 0 spiro atoms. The van der Waals surface area contributed by atoms with Crippen molar-refractivity contribution in [2.45, 2.75) is 6.54 Å². The predicted octanol–water partition coefficient (Wildman–Crippen LogP) is 4.59. The lowest BCUT2D eigenvalue weighted by Gasteiger charge is -2.07. The summed E-state index contributed by atoms with van der Waals surface area (Å²) in [6.45, 7) is 0.747. The molecule has 96 valence electrons. The Labute approximate surface area is 124 Å². The van der Waals surface area contributed by atoms with Crippen molar-refractivity contribution in [2.75, 3.05) is 5.32 Å². The van der Waals surface area contributed by atoms with E-state index in [1.807, 2.05) is 12.3 Å². The molecule has 0 aliphatic carbocycles. The van der Waals surface area contributed by atoms with Gasteiger partial charge in [0, 0.05) is 18.3 Å². The Morgan fingerprint density at radius 2 is 2.16 bits per heavy atom. The molecule has 3 aromatic rings. The lowest BCUT2D eigenvalue weighted by molar-refractivity contribution is 1.14. The fourth-order valence-corrected chi connectivity index (χ4v) is 2.39. The molecule has 0 aliphatic rings. The molecule has 0 radical (unpaired) electrons. The Balaban J connectivity index is 1.75. The summed E-state index contributed by atoms with van der Waals surface area (Å²) in [6, 6.07) is 10.3. The van der Waals surface area contributed by atoms with Gasteiger partial charge in [-0.3, -0.25) is 0 Å². The van der Waals surface area contributed by atoms with Crippen LogP contribution in [-0.4, -0.2) is 9.97 Å². The third-order valence-corrected chi connectivity index (χ3v) is 4.04. The van der Waals surface area contributed by atoms with Gasteiger partial charge in [-0.1, -0.05) is 17.7 Å². The summed E-state index contributed by atoms with van der Waals surface area (Å²) in [5.74, 6) is 0. The molecular weight excluding hydrogens is 326 g/mol. The van der Waals surface area contributed by atoms with Crippen molar-refractivity contribution < 1.29 is 0 Å². The molecule has 2 heterocycles. The van der Waals surface area contributed by atoms with Gasteiger partial charge < -0.3 is 10.3 Å². The van der Waals surface area contributed by atoms with Crippen LogP contribution in [0.5, 0.6) is 0 Å². The van der Waals surface area contributed by atoms with Crippen LogP contribution >= 0.6 is 27.5 Å². The van der Waals surface area contributed by atoms with Crippen molar-refractivity contribution in [1.29, 1.82) is 0 Å². The van der Waals surface area contributed by atoms with Gasteiger partial charge in [0.25, 0.3) is 0 Å². The molecule has 0 bridgehead atoms. The summed E-state index contributed by atoms with van der Waals surface area (Å²) in [5.41, 5.74) is 3.31. The molecule has 3 rings (SSSR count). The maximum Gasteiger partial charge on any atom is 0.143 e. The fourth-order valence-electron chi connectivity index (χ4n) is 1.93. The van der Waals surface area contributed by atoms with Crippen LogP contribution in [-0.2, 0) is 6.54 Å². The number of aromatic nitrogens is 2. The molecule has 3 nitrogen and oxygen atoms in total. The quantitative estimate of drug-likeness (QED) is 0.687. The van der Waals surface area contributed by atoms with E-state index in [9.17, 15) is 0 Å². The molecule has 1 aromatic carbocycles. The van der Waals surface area contributed by atoms with Gasteiger partial charge >= 0.3 is 0 Å². The minimum atomic E-state index is 0.472. The summed E-state index contributed by atoms with van der Waals surface area (Å²) in [4.78, 5) is 7.27. The van der Waals surface area contributed by atoms with Crippen LogP contribution in [0, 0.1) is 0 Å². The molecule has 2 aromatic heterocycles. The molecule has 0 aliphatic heterocycles. The third kappa shape index (κ3) is 2.74. The minimum Gasteiger partial charge on any atom is -0.380 e. The van der Waals surface area contributed by atoms with Gasteiger partial charge in [-0.2, -0.15) is 0 Å². The normalized spacial score (nSPS) is 10.8. The van der Waals surface area contributed by atoms with E-state index >= 15 is 0 Å². The molecule has 0 amide bonds. The lowest BCUT2D eigenvalue weighted by atomic mass is 10.1. The zero-order valence-corrected chi connectivity index (χ0v) is 12.3. The second-order valence-corrected chi connectivity index (χ2v) is 5.46. The van der Waals surface area contributed by atoms with Crippen molar-refractivity contribution in [3.63, 3.8) is 0 Å². The van der Waals surface area contributed by atoms with Crippen LogP contribution in [0.3, 0.4) is 0 Å². The van der Waals surface area contributed by atoms with Crippen LogP contribution in [0.25, 0.3) is 10.9 Å². The summed E-state index contributed by atoms with van der Waals surface area (Å²) in [6.07, 6.45) is 3.67. The minimum absolute atomic E-state index is 0.472. The van der Waals surface area contributed by atoms with E-state index in [0.717, 1.165) is 22.2 Å². The van der Waals surface area contributed by atoms with Crippen molar-refractivity contribution >= 4 is 44.1 Å². The van der Waals surface area contributed by atoms with Gasteiger partial charge in [0.15, 0.2) is 0 Å². The molecule has 2 N–H and O–H groups in total. The number of rotatable bonds is 3. The van der Waals surface area contributed by atoms with Crippen molar-refractivity contribution in [2.24, 2.45) is 0 Å². The van der Waals surface area contributed by atoms with Crippen LogP contribution in [0.15, 0.2) is 47.2 Å². The molecule has 5 heteroatoms. The van der Waals surface area contributed by atoms with Gasteiger partial charge in [0.1, 0.15) is 5.15 Å². The average molecular weight is 337 g/mol. The van der Waals surface area contributed by atoms with Crippen LogP contribution < -0.4 is 5.32 Å². The van der Waals surface area contributed by atoms with Gasteiger partial charge in [0.2, 0.25) is 0 Å². The van der Waals surface area contributed by atoms with Gasteiger partial charge in [-0.05, 0) is 51.1 Å². The van der Waals surface area contributed by atoms with E-state index in [0.29, 0.717) is 5.15 Å². The molecule has 0 atom stereocenters. The number of fused-ring (bicyclic) bond motifs is 1. The van der Waals surface area contributed by atoms with Gasteiger partial charge in [-0.15, -0.1) is 0 Å². The number of nitrogens with one attached hydrogen (secondary N) is 2. The van der Waals surface area contributed by atoms with E-state index in [1.165, 1.54) is 10.9 Å². The largest absolute Gasteiger partial charge is 0.380 e. The van der Waals surface area contributed by atoms with Crippen molar-refractivity contribution in [1.82, 2.24) is 9.97 Å².